The summed E-state index contributed by atoms with van der Waals surface area (Å²) in [7, 11) is 0. The maximum absolute atomic E-state index is 11.7. The molecule has 3 heteroatoms. The van der Waals surface area contributed by atoms with Gasteiger partial charge in [0.05, 0.1) is 6.61 Å². The molecule has 0 spiro atoms. The van der Waals surface area contributed by atoms with Crippen LogP contribution in [0.4, 0.5) is 0 Å². The van der Waals surface area contributed by atoms with Crippen LogP contribution in [0.5, 0.6) is 11.5 Å². The molecule has 0 bridgehead atoms. The van der Waals surface area contributed by atoms with E-state index in [9.17, 15) is 4.79 Å². The summed E-state index contributed by atoms with van der Waals surface area (Å²) in [6.45, 7) is 17.9. The Morgan fingerprint density at radius 3 is 2.15 bits per heavy atom. The fourth-order valence-electron chi connectivity index (χ4n) is 5.63. The van der Waals surface area contributed by atoms with Gasteiger partial charge in [-0.25, -0.2) is 0 Å². The number of benzene rings is 1. The summed E-state index contributed by atoms with van der Waals surface area (Å²) in [4.78, 5) is 11.7. The summed E-state index contributed by atoms with van der Waals surface area (Å²) in [5.41, 5.74) is 4.44. The lowest BCUT2D eigenvalue weighted by Crippen LogP contribution is -2.26. The van der Waals surface area contributed by atoms with Crippen molar-refractivity contribution in [2.45, 2.75) is 126 Å². The van der Waals surface area contributed by atoms with Gasteiger partial charge in [0, 0.05) is 12.5 Å². The van der Waals surface area contributed by atoms with Crippen LogP contribution in [0.2, 0.25) is 0 Å². The maximum Gasteiger partial charge on any atom is 0.308 e. The van der Waals surface area contributed by atoms with Crippen LogP contribution in [0.3, 0.4) is 0 Å². The van der Waals surface area contributed by atoms with Crippen molar-refractivity contribution in [3.63, 3.8) is 0 Å². The lowest BCUT2D eigenvalue weighted by Gasteiger charge is -2.35. The highest BCUT2D eigenvalue weighted by molar-refractivity contribution is 5.72. The van der Waals surface area contributed by atoms with Gasteiger partial charge in [-0.05, 0) is 67.6 Å². The normalized spacial score (nSPS) is 19.5. The monoisotopic (exact) mass is 458 g/mol. The number of ether oxygens (including phenoxy) is 2. The minimum atomic E-state index is -0.258. The fraction of sp³-hybridized carbons (Fsp3) is 0.767. The molecule has 0 aromatic heterocycles. The molecular formula is C30H50O3. The van der Waals surface area contributed by atoms with Gasteiger partial charge in [-0.15, -0.1) is 0 Å². The molecule has 0 amide bonds. The predicted molar refractivity (Wildman–Crippen MR) is 140 cm³/mol. The van der Waals surface area contributed by atoms with E-state index in [2.05, 4.69) is 41.5 Å². The Labute approximate surface area is 204 Å². The van der Waals surface area contributed by atoms with Gasteiger partial charge < -0.3 is 9.47 Å². The Morgan fingerprint density at radius 1 is 0.939 bits per heavy atom. The van der Waals surface area contributed by atoms with Gasteiger partial charge in [-0.2, -0.15) is 0 Å². The van der Waals surface area contributed by atoms with Gasteiger partial charge in [-0.3, -0.25) is 4.79 Å². The first-order chi connectivity index (χ1) is 15.7. The van der Waals surface area contributed by atoms with Crippen molar-refractivity contribution in [2.24, 2.45) is 17.8 Å². The Morgan fingerprint density at radius 2 is 1.55 bits per heavy atom. The van der Waals surface area contributed by atoms with E-state index >= 15 is 0 Å². The highest BCUT2D eigenvalue weighted by Crippen LogP contribution is 2.47. The number of rotatable bonds is 13. The molecule has 0 N–H and O–H groups in total. The van der Waals surface area contributed by atoms with E-state index in [1.165, 1.54) is 76.7 Å². The van der Waals surface area contributed by atoms with Crippen molar-refractivity contribution in [3.05, 3.63) is 22.3 Å². The molecular weight excluding hydrogens is 408 g/mol. The molecule has 0 fully saturated rings. The van der Waals surface area contributed by atoms with Gasteiger partial charge in [0.15, 0.2) is 0 Å². The number of hydrogen-bond acceptors (Lipinski definition) is 3. The summed E-state index contributed by atoms with van der Waals surface area (Å²) in [6.07, 6.45) is 13.4. The quantitative estimate of drug-likeness (QED) is 0.168. The lowest BCUT2D eigenvalue weighted by molar-refractivity contribution is -0.132. The average molecular weight is 459 g/mol. The number of hydrogen-bond donors (Lipinski definition) is 0. The van der Waals surface area contributed by atoms with Crippen LogP contribution in [-0.4, -0.2) is 12.6 Å². The van der Waals surface area contributed by atoms with E-state index in [0.29, 0.717) is 11.8 Å². The Bertz CT molecular complexity index is 767. The zero-order valence-corrected chi connectivity index (χ0v) is 22.8. The van der Waals surface area contributed by atoms with E-state index in [1.54, 1.807) is 0 Å². The van der Waals surface area contributed by atoms with Crippen LogP contribution in [0, 0.1) is 38.5 Å². The highest BCUT2D eigenvalue weighted by atomic mass is 16.5. The molecule has 1 aromatic carbocycles. The molecule has 1 aliphatic rings. The van der Waals surface area contributed by atoms with Crippen molar-refractivity contribution in [2.75, 3.05) is 6.61 Å². The van der Waals surface area contributed by atoms with E-state index in [4.69, 9.17) is 9.47 Å². The van der Waals surface area contributed by atoms with Gasteiger partial charge in [-0.1, -0.05) is 85.5 Å². The molecule has 0 aliphatic carbocycles. The molecule has 4 atom stereocenters. The van der Waals surface area contributed by atoms with E-state index in [1.807, 2.05) is 6.92 Å². The van der Waals surface area contributed by atoms with Crippen LogP contribution in [0.15, 0.2) is 0 Å². The molecule has 1 aromatic rings. The molecule has 0 radical (unpaired) electrons. The largest absolute Gasteiger partial charge is 0.493 e. The molecule has 1 aliphatic heterocycles. The lowest BCUT2D eigenvalue weighted by atomic mass is 9.78. The summed E-state index contributed by atoms with van der Waals surface area (Å²) in [5, 5.41) is 0. The summed E-state index contributed by atoms with van der Waals surface area (Å²) in [5.74, 6) is 4.12. The van der Waals surface area contributed by atoms with E-state index in [-0.39, 0.29) is 5.97 Å². The van der Waals surface area contributed by atoms with Crippen LogP contribution >= 0.6 is 0 Å². The molecule has 33 heavy (non-hydrogen) atoms. The first-order valence-corrected chi connectivity index (χ1v) is 13.6. The van der Waals surface area contributed by atoms with Crippen molar-refractivity contribution in [3.8, 4) is 11.5 Å². The van der Waals surface area contributed by atoms with Crippen LogP contribution in [-0.2, 0) is 4.79 Å². The fourth-order valence-corrected chi connectivity index (χ4v) is 5.63. The molecule has 0 saturated heterocycles. The number of carbonyl (C=O) groups excluding carboxylic acids is 1. The van der Waals surface area contributed by atoms with Crippen molar-refractivity contribution < 1.29 is 14.3 Å². The molecule has 1 heterocycles. The first kappa shape index (κ1) is 27.7. The van der Waals surface area contributed by atoms with Crippen LogP contribution in [0.1, 0.15) is 127 Å². The molecule has 2 rings (SSSR count). The van der Waals surface area contributed by atoms with E-state index < -0.39 is 0 Å². The average Bonchev–Trinajstić information content (AvgIpc) is 2.76. The number of carbonyl (C=O) groups is 1. The predicted octanol–water partition coefficient (Wildman–Crippen LogP) is 8.84. The Hall–Kier alpha value is -1.51. The summed E-state index contributed by atoms with van der Waals surface area (Å²) >= 11 is 0. The molecule has 4 unspecified atom stereocenters. The topological polar surface area (TPSA) is 35.5 Å². The number of unbranched alkanes of at least 4 members (excludes halogenated alkanes) is 2. The van der Waals surface area contributed by atoms with Crippen molar-refractivity contribution in [1.29, 1.82) is 0 Å². The minimum absolute atomic E-state index is 0.258. The van der Waals surface area contributed by atoms with Gasteiger partial charge in [0.25, 0.3) is 0 Å². The van der Waals surface area contributed by atoms with Crippen molar-refractivity contribution >= 4 is 5.97 Å². The maximum atomic E-state index is 11.7. The second-order valence-corrected chi connectivity index (χ2v) is 11.0. The standard InChI is InChI=1S/C30H50O3/c1-9-10-11-14-20(2)15-12-16-21(3)17-13-18-27-19-32-30-23(5)22(4)29(33-26(8)31)25(7)28(30)24(27)6/h20-21,24,27H,9-19H2,1-8H3. The van der Waals surface area contributed by atoms with Gasteiger partial charge in [0.2, 0.25) is 0 Å². The van der Waals surface area contributed by atoms with Crippen LogP contribution in [0.25, 0.3) is 0 Å². The van der Waals surface area contributed by atoms with Crippen LogP contribution < -0.4 is 9.47 Å². The Balaban J connectivity index is 1.86. The molecule has 188 valence electrons. The van der Waals surface area contributed by atoms with Gasteiger partial charge in [0.1, 0.15) is 11.5 Å². The Kier molecular flexibility index (Phi) is 11.3. The van der Waals surface area contributed by atoms with Crippen molar-refractivity contribution in [1.82, 2.24) is 0 Å². The second-order valence-electron chi connectivity index (χ2n) is 11.0. The smallest absolute Gasteiger partial charge is 0.308 e. The first-order valence-electron chi connectivity index (χ1n) is 13.6. The molecule has 0 saturated carbocycles. The summed E-state index contributed by atoms with van der Waals surface area (Å²) < 4.78 is 11.9. The van der Waals surface area contributed by atoms with E-state index in [0.717, 1.165) is 46.6 Å². The zero-order valence-electron chi connectivity index (χ0n) is 22.8. The molecule has 3 nitrogen and oxygen atoms in total. The zero-order chi connectivity index (χ0) is 24.5. The third-order valence-electron chi connectivity index (χ3n) is 8.05. The summed E-state index contributed by atoms with van der Waals surface area (Å²) in [6, 6.07) is 0. The highest BCUT2D eigenvalue weighted by Gasteiger charge is 2.32. The third kappa shape index (κ3) is 7.76. The SMILES string of the molecule is CCCCCC(C)CCCC(C)CCCC1COc2c(C)c(C)c(OC(C)=O)c(C)c2C1C. The third-order valence-corrected chi connectivity index (χ3v) is 8.05. The second kappa shape index (κ2) is 13.4. The number of esters is 1. The minimum Gasteiger partial charge on any atom is -0.493 e. The number of fused-ring (bicyclic) bond motifs is 1. The van der Waals surface area contributed by atoms with Gasteiger partial charge >= 0.3 is 5.97 Å².